The zero-order chi connectivity index (χ0) is 32.3. The Labute approximate surface area is 266 Å². The molecule has 0 radical (unpaired) electrons. The molecule has 0 saturated carbocycles. The molecule has 0 unspecified atom stereocenters. The number of carbonyl (C=O) groups is 1. The van der Waals surface area contributed by atoms with Crippen molar-refractivity contribution < 1.29 is 19.1 Å². The van der Waals surface area contributed by atoms with Crippen molar-refractivity contribution in [2.45, 2.75) is 40.2 Å². The number of phenolic OH excluding ortho intramolecular Hbond substituents is 1. The van der Waals surface area contributed by atoms with Gasteiger partial charge < -0.3 is 24.9 Å². The number of hydrogen-bond donors (Lipinski definition) is 3. The van der Waals surface area contributed by atoms with E-state index in [1.54, 1.807) is 19.1 Å². The molecule has 3 heterocycles. The topological polar surface area (TPSA) is 116 Å². The van der Waals surface area contributed by atoms with Crippen LogP contribution in [0.1, 0.15) is 63.1 Å². The Kier molecular flexibility index (Phi) is 6.85. The fourth-order valence-corrected chi connectivity index (χ4v) is 6.79. The Morgan fingerprint density at radius 2 is 1.46 bits per heavy atom. The maximum absolute atomic E-state index is 14.5. The van der Waals surface area contributed by atoms with Crippen molar-refractivity contribution in [1.82, 2.24) is 5.01 Å². The summed E-state index contributed by atoms with van der Waals surface area (Å²) >= 11 is 0. The molecule has 2 aliphatic heterocycles. The predicted molar refractivity (Wildman–Crippen MR) is 180 cm³/mol. The lowest BCUT2D eigenvalue weighted by Gasteiger charge is -2.42. The van der Waals surface area contributed by atoms with Crippen molar-refractivity contribution in [2.24, 2.45) is 5.10 Å². The number of aromatic hydroxyl groups is 1. The van der Waals surface area contributed by atoms with Gasteiger partial charge in [0, 0.05) is 70.3 Å². The first-order chi connectivity index (χ1) is 22.2. The largest absolute Gasteiger partial charge is 0.507 e. The molecule has 5 aromatic rings. The molecule has 0 fully saturated rings. The van der Waals surface area contributed by atoms with Crippen molar-refractivity contribution in [3.63, 3.8) is 0 Å². The lowest BCUT2D eigenvalue weighted by molar-refractivity contribution is 0.0675. The van der Waals surface area contributed by atoms with Gasteiger partial charge in [0.15, 0.2) is 5.58 Å². The third kappa shape index (κ3) is 4.18. The van der Waals surface area contributed by atoms with Crippen LogP contribution in [0.5, 0.6) is 17.2 Å². The molecule has 0 aliphatic carbocycles. The van der Waals surface area contributed by atoms with Crippen molar-refractivity contribution in [1.29, 1.82) is 0 Å². The third-order valence-corrected chi connectivity index (χ3v) is 8.88. The van der Waals surface area contributed by atoms with E-state index in [1.807, 2.05) is 58.0 Å². The minimum atomic E-state index is -1.21. The maximum Gasteiger partial charge on any atom is 0.336 e. The molecule has 1 aromatic heterocycles. The first-order valence-corrected chi connectivity index (χ1v) is 15.4. The molecule has 1 spiro atoms. The highest BCUT2D eigenvalue weighted by molar-refractivity contribution is 6.04. The van der Waals surface area contributed by atoms with Crippen molar-refractivity contribution in [3.8, 4) is 17.2 Å². The molecule has 0 saturated heterocycles. The maximum atomic E-state index is 14.5. The molecule has 0 bridgehead atoms. The Balaban J connectivity index is 1.55. The van der Waals surface area contributed by atoms with Gasteiger partial charge in [-0.15, -0.1) is 0 Å². The number of nitrogens with zero attached hydrogens (tertiary/aromatic N) is 2. The summed E-state index contributed by atoms with van der Waals surface area (Å²) in [4.78, 5) is 26.9. The SMILES string of the molecule is CCNc1cc2c(cc1C)C1(c3cc(C)c(NCC)cc3O2)c2ccccc2C(=O)N1/N=C/c1c(O)ccc2c(C)cc(=O)oc12. The number of benzene rings is 4. The van der Waals surface area contributed by atoms with E-state index in [1.165, 1.54) is 23.4 Å². The van der Waals surface area contributed by atoms with Crippen LogP contribution in [0.25, 0.3) is 11.0 Å². The minimum Gasteiger partial charge on any atom is -0.507 e. The van der Waals surface area contributed by atoms with E-state index in [9.17, 15) is 14.7 Å². The monoisotopic (exact) mass is 614 g/mol. The van der Waals surface area contributed by atoms with Crippen LogP contribution in [0.3, 0.4) is 0 Å². The number of amides is 1. The van der Waals surface area contributed by atoms with Crippen LogP contribution in [0, 0.1) is 20.8 Å². The van der Waals surface area contributed by atoms with E-state index >= 15 is 0 Å². The Hall–Kier alpha value is -5.57. The van der Waals surface area contributed by atoms with Gasteiger partial charge >= 0.3 is 5.63 Å². The molecule has 2 aliphatic rings. The molecule has 9 heteroatoms. The van der Waals surface area contributed by atoms with E-state index in [0.717, 1.165) is 52.3 Å². The highest BCUT2D eigenvalue weighted by Crippen LogP contribution is 2.59. The van der Waals surface area contributed by atoms with E-state index in [2.05, 4.69) is 22.8 Å². The molecule has 1 amide bonds. The number of carbonyl (C=O) groups excluding carboxylic acids is 1. The number of anilines is 2. The summed E-state index contributed by atoms with van der Waals surface area (Å²) in [5.74, 6) is 0.748. The number of aryl methyl sites for hydroxylation is 3. The lowest BCUT2D eigenvalue weighted by Crippen LogP contribution is -2.44. The highest BCUT2D eigenvalue weighted by Gasteiger charge is 2.57. The third-order valence-electron chi connectivity index (χ3n) is 8.88. The fourth-order valence-electron chi connectivity index (χ4n) is 6.79. The Morgan fingerprint density at radius 3 is 2.09 bits per heavy atom. The van der Waals surface area contributed by atoms with Gasteiger partial charge in [-0.2, -0.15) is 5.10 Å². The molecule has 9 nitrogen and oxygen atoms in total. The number of hydrogen-bond acceptors (Lipinski definition) is 8. The summed E-state index contributed by atoms with van der Waals surface area (Å²) in [5, 5.41) is 24.8. The lowest BCUT2D eigenvalue weighted by atomic mass is 9.74. The summed E-state index contributed by atoms with van der Waals surface area (Å²) < 4.78 is 12.2. The van der Waals surface area contributed by atoms with E-state index in [-0.39, 0.29) is 22.8 Å². The number of nitrogens with one attached hydrogen (secondary N) is 2. The van der Waals surface area contributed by atoms with Crippen LogP contribution in [0.2, 0.25) is 0 Å². The van der Waals surface area contributed by atoms with Crippen molar-refractivity contribution >= 4 is 34.5 Å². The number of phenols is 1. The van der Waals surface area contributed by atoms with Crippen LogP contribution in [-0.4, -0.2) is 35.3 Å². The summed E-state index contributed by atoms with van der Waals surface area (Å²) in [6.45, 7) is 11.4. The number of hydrazone groups is 1. The molecule has 46 heavy (non-hydrogen) atoms. The van der Waals surface area contributed by atoms with Crippen LogP contribution in [0.15, 0.2) is 81.0 Å². The quantitative estimate of drug-likeness (QED) is 0.137. The molecule has 0 atom stereocenters. The second kappa shape index (κ2) is 10.8. The molecule has 232 valence electrons. The van der Waals surface area contributed by atoms with Gasteiger partial charge in [-0.3, -0.25) is 4.79 Å². The molecule has 4 aromatic carbocycles. The average Bonchev–Trinajstić information content (AvgIpc) is 3.27. The minimum absolute atomic E-state index is 0.131. The van der Waals surface area contributed by atoms with E-state index in [4.69, 9.17) is 14.3 Å². The molecular weight excluding hydrogens is 580 g/mol. The van der Waals surface area contributed by atoms with Gasteiger partial charge in [-0.25, -0.2) is 9.80 Å². The summed E-state index contributed by atoms with van der Waals surface area (Å²) in [7, 11) is 0. The van der Waals surface area contributed by atoms with Gasteiger partial charge in [-0.1, -0.05) is 18.2 Å². The Bertz CT molecular complexity index is 2110. The summed E-state index contributed by atoms with van der Waals surface area (Å²) in [6, 6.07) is 20.2. The number of rotatable bonds is 6. The van der Waals surface area contributed by atoms with Gasteiger partial charge in [0.2, 0.25) is 0 Å². The first kappa shape index (κ1) is 29.2. The summed E-state index contributed by atoms with van der Waals surface area (Å²) in [6.07, 6.45) is 1.40. The molecular formula is C37H34N4O5. The van der Waals surface area contributed by atoms with Gasteiger partial charge in [0.25, 0.3) is 5.91 Å². The molecule has 7 rings (SSSR count). The van der Waals surface area contributed by atoms with E-state index in [0.29, 0.717) is 28.0 Å². The van der Waals surface area contributed by atoms with Gasteiger partial charge in [0.05, 0.1) is 11.8 Å². The average molecular weight is 615 g/mol. The van der Waals surface area contributed by atoms with Crippen molar-refractivity contribution in [3.05, 3.63) is 122 Å². The van der Waals surface area contributed by atoms with Gasteiger partial charge in [-0.05, 0) is 81.6 Å². The smallest absolute Gasteiger partial charge is 0.336 e. The predicted octanol–water partition coefficient (Wildman–Crippen LogP) is 7.17. The van der Waals surface area contributed by atoms with Crippen LogP contribution >= 0.6 is 0 Å². The first-order valence-electron chi connectivity index (χ1n) is 15.4. The zero-order valence-electron chi connectivity index (χ0n) is 26.3. The normalized spacial score (nSPS) is 14.4. The standard InChI is InChI=1S/C37H34N4O5/c1-6-38-29-17-32-27(14-21(29)4)37(28-15-22(5)30(39-7-2)18-33(28)45-32)26-11-9-8-10-24(26)36(44)41(37)40-19-25-31(42)13-12-23-20(3)16-34(43)46-35(23)25/h8-19,38-39,42H,6-7H2,1-5H3/b40-19+. The summed E-state index contributed by atoms with van der Waals surface area (Å²) in [5.41, 5.74) is 5.94. The number of ether oxygens (including phenoxy) is 1. The molecule has 3 N–H and O–H groups in total. The highest BCUT2D eigenvalue weighted by atomic mass is 16.5. The second-order valence-corrected chi connectivity index (χ2v) is 11.7. The van der Waals surface area contributed by atoms with Crippen LogP contribution in [0.4, 0.5) is 11.4 Å². The zero-order valence-corrected chi connectivity index (χ0v) is 26.3. The van der Waals surface area contributed by atoms with Crippen molar-refractivity contribution in [2.75, 3.05) is 23.7 Å². The Morgan fingerprint density at radius 1 is 0.826 bits per heavy atom. The van der Waals surface area contributed by atoms with Crippen LogP contribution < -0.4 is 21.0 Å². The fraction of sp³-hybridized carbons (Fsp3) is 0.216. The van der Waals surface area contributed by atoms with E-state index < -0.39 is 11.2 Å². The second-order valence-electron chi connectivity index (χ2n) is 11.7. The van der Waals surface area contributed by atoms with Gasteiger partial charge in [0.1, 0.15) is 22.8 Å². The van der Waals surface area contributed by atoms with Crippen LogP contribution in [-0.2, 0) is 5.54 Å². The number of fused-ring (bicyclic) bond motifs is 7.